The van der Waals surface area contributed by atoms with Crippen LogP contribution < -0.4 is 4.74 Å². The van der Waals surface area contributed by atoms with E-state index in [1.54, 1.807) is 0 Å². The van der Waals surface area contributed by atoms with E-state index in [1.165, 1.54) is 16.2 Å². The predicted octanol–water partition coefficient (Wildman–Crippen LogP) is 6.55. The average Bonchev–Trinajstić information content (AvgIpc) is 2.57. The van der Waals surface area contributed by atoms with Crippen LogP contribution >= 0.6 is 15.9 Å². The van der Waals surface area contributed by atoms with Crippen LogP contribution in [0.25, 0.3) is 21.5 Å². The standard InChI is InChI=1S/C20H13BrO/c21-18-9-3-4-10-20(18)22-19-11-5-8-16-15-7-2-1-6-14(15)12-13-17(16)19/h1-13H. The number of rotatable bonds is 2. The van der Waals surface area contributed by atoms with E-state index < -0.39 is 0 Å². The zero-order chi connectivity index (χ0) is 14.9. The fourth-order valence-electron chi connectivity index (χ4n) is 2.75. The van der Waals surface area contributed by atoms with Gasteiger partial charge < -0.3 is 4.74 Å². The van der Waals surface area contributed by atoms with E-state index in [0.717, 1.165) is 21.4 Å². The molecule has 0 N–H and O–H groups in total. The lowest BCUT2D eigenvalue weighted by Crippen LogP contribution is -1.87. The molecule has 0 amide bonds. The SMILES string of the molecule is Brc1ccccc1Oc1cccc2c1ccc1ccccc12. The Bertz CT molecular complexity index is 975. The average molecular weight is 349 g/mol. The molecule has 106 valence electrons. The summed E-state index contributed by atoms with van der Waals surface area (Å²) in [5, 5.41) is 4.82. The Morgan fingerprint density at radius 3 is 2.18 bits per heavy atom. The summed E-state index contributed by atoms with van der Waals surface area (Å²) < 4.78 is 7.08. The summed E-state index contributed by atoms with van der Waals surface area (Å²) in [7, 11) is 0. The number of benzene rings is 4. The van der Waals surface area contributed by atoms with Crippen LogP contribution in [-0.2, 0) is 0 Å². The van der Waals surface area contributed by atoms with E-state index in [1.807, 2.05) is 36.4 Å². The molecule has 0 spiro atoms. The van der Waals surface area contributed by atoms with Gasteiger partial charge in [0.25, 0.3) is 0 Å². The molecular formula is C20H13BrO. The minimum absolute atomic E-state index is 0.822. The summed E-state index contributed by atoms with van der Waals surface area (Å²) in [6.07, 6.45) is 0. The maximum Gasteiger partial charge on any atom is 0.141 e. The molecule has 0 heterocycles. The number of ether oxygens (including phenoxy) is 1. The number of fused-ring (bicyclic) bond motifs is 3. The van der Waals surface area contributed by atoms with Gasteiger partial charge in [0, 0.05) is 5.39 Å². The van der Waals surface area contributed by atoms with Crippen molar-refractivity contribution in [3.05, 3.63) is 83.3 Å². The van der Waals surface area contributed by atoms with E-state index in [2.05, 4.69) is 58.4 Å². The van der Waals surface area contributed by atoms with Gasteiger partial charge in [0.2, 0.25) is 0 Å². The van der Waals surface area contributed by atoms with E-state index in [0.29, 0.717) is 0 Å². The van der Waals surface area contributed by atoms with Gasteiger partial charge in [-0.25, -0.2) is 0 Å². The molecule has 0 saturated heterocycles. The lowest BCUT2D eigenvalue weighted by Gasteiger charge is -2.11. The van der Waals surface area contributed by atoms with Crippen molar-refractivity contribution in [3.63, 3.8) is 0 Å². The van der Waals surface area contributed by atoms with Gasteiger partial charge in [0.05, 0.1) is 4.47 Å². The van der Waals surface area contributed by atoms with Crippen LogP contribution in [0.15, 0.2) is 83.3 Å². The molecule has 1 nitrogen and oxygen atoms in total. The maximum absolute atomic E-state index is 6.12. The van der Waals surface area contributed by atoms with E-state index in [9.17, 15) is 0 Å². The van der Waals surface area contributed by atoms with Gasteiger partial charge in [-0.1, -0.05) is 54.6 Å². The first-order valence-electron chi connectivity index (χ1n) is 7.16. The molecule has 0 radical (unpaired) electrons. The second kappa shape index (κ2) is 5.47. The second-order valence-electron chi connectivity index (χ2n) is 5.17. The van der Waals surface area contributed by atoms with E-state index >= 15 is 0 Å². The minimum atomic E-state index is 0.822. The first-order valence-corrected chi connectivity index (χ1v) is 7.95. The van der Waals surface area contributed by atoms with Crippen LogP contribution in [0.1, 0.15) is 0 Å². The summed E-state index contributed by atoms with van der Waals surface area (Å²) >= 11 is 3.53. The molecule has 0 aromatic heterocycles. The van der Waals surface area contributed by atoms with Gasteiger partial charge in [-0.3, -0.25) is 0 Å². The van der Waals surface area contributed by atoms with Crippen molar-refractivity contribution in [2.45, 2.75) is 0 Å². The third kappa shape index (κ3) is 2.26. The van der Waals surface area contributed by atoms with Gasteiger partial charge in [-0.15, -0.1) is 0 Å². The molecule has 4 rings (SSSR count). The Labute approximate surface area is 137 Å². The molecule has 0 saturated carbocycles. The van der Waals surface area contributed by atoms with Crippen LogP contribution in [-0.4, -0.2) is 0 Å². The van der Waals surface area contributed by atoms with Crippen LogP contribution in [0, 0.1) is 0 Å². The lowest BCUT2D eigenvalue weighted by molar-refractivity contribution is 0.485. The van der Waals surface area contributed by atoms with Gasteiger partial charge in [-0.2, -0.15) is 0 Å². The minimum Gasteiger partial charge on any atom is -0.456 e. The van der Waals surface area contributed by atoms with Gasteiger partial charge in [0.1, 0.15) is 11.5 Å². The van der Waals surface area contributed by atoms with Crippen molar-refractivity contribution in [2.24, 2.45) is 0 Å². The summed E-state index contributed by atoms with van der Waals surface area (Å²) in [5.41, 5.74) is 0. The maximum atomic E-state index is 6.12. The molecule has 4 aromatic carbocycles. The number of hydrogen-bond acceptors (Lipinski definition) is 1. The lowest BCUT2D eigenvalue weighted by atomic mass is 10.0. The third-order valence-corrected chi connectivity index (χ3v) is 4.46. The van der Waals surface area contributed by atoms with Gasteiger partial charge in [0.15, 0.2) is 0 Å². The van der Waals surface area contributed by atoms with Crippen LogP contribution in [0.5, 0.6) is 11.5 Å². The highest BCUT2D eigenvalue weighted by atomic mass is 79.9. The quantitative estimate of drug-likeness (QED) is 0.373. The largest absolute Gasteiger partial charge is 0.456 e. The summed E-state index contributed by atoms with van der Waals surface area (Å²) in [6.45, 7) is 0. The van der Waals surface area contributed by atoms with Crippen molar-refractivity contribution in [1.82, 2.24) is 0 Å². The molecule has 0 aliphatic heterocycles. The van der Waals surface area contributed by atoms with Crippen molar-refractivity contribution < 1.29 is 4.74 Å². The fourth-order valence-corrected chi connectivity index (χ4v) is 3.11. The van der Waals surface area contributed by atoms with Crippen molar-refractivity contribution in [1.29, 1.82) is 0 Å². The van der Waals surface area contributed by atoms with Crippen molar-refractivity contribution >= 4 is 37.5 Å². The molecule has 0 fully saturated rings. The highest BCUT2D eigenvalue weighted by Gasteiger charge is 2.07. The highest BCUT2D eigenvalue weighted by Crippen LogP contribution is 2.36. The Kier molecular flexibility index (Phi) is 3.32. The number of hydrogen-bond donors (Lipinski definition) is 0. The van der Waals surface area contributed by atoms with E-state index in [-0.39, 0.29) is 0 Å². The third-order valence-electron chi connectivity index (χ3n) is 3.80. The van der Waals surface area contributed by atoms with Crippen LogP contribution in [0.3, 0.4) is 0 Å². The van der Waals surface area contributed by atoms with Crippen LogP contribution in [0.2, 0.25) is 0 Å². The summed E-state index contributed by atoms with van der Waals surface area (Å²) in [6, 6.07) is 26.8. The zero-order valence-corrected chi connectivity index (χ0v) is 13.4. The fraction of sp³-hybridized carbons (Fsp3) is 0. The van der Waals surface area contributed by atoms with E-state index in [4.69, 9.17) is 4.74 Å². The van der Waals surface area contributed by atoms with Crippen molar-refractivity contribution in [2.75, 3.05) is 0 Å². The Balaban J connectivity index is 1.92. The number of halogens is 1. The summed E-state index contributed by atoms with van der Waals surface area (Å²) in [4.78, 5) is 0. The molecular weight excluding hydrogens is 336 g/mol. The normalized spacial score (nSPS) is 11.0. The molecule has 0 unspecified atom stereocenters. The molecule has 0 aliphatic rings. The second-order valence-corrected chi connectivity index (χ2v) is 6.02. The molecule has 22 heavy (non-hydrogen) atoms. The molecule has 2 heteroatoms. The highest BCUT2D eigenvalue weighted by molar-refractivity contribution is 9.10. The Morgan fingerprint density at radius 2 is 1.27 bits per heavy atom. The molecule has 0 bridgehead atoms. The predicted molar refractivity (Wildman–Crippen MR) is 95.7 cm³/mol. The summed E-state index contributed by atoms with van der Waals surface area (Å²) in [5.74, 6) is 1.69. The Hall–Kier alpha value is -2.32. The van der Waals surface area contributed by atoms with Gasteiger partial charge in [-0.05, 0) is 56.4 Å². The smallest absolute Gasteiger partial charge is 0.141 e. The topological polar surface area (TPSA) is 9.23 Å². The first kappa shape index (κ1) is 13.4. The monoisotopic (exact) mass is 348 g/mol. The Morgan fingerprint density at radius 1 is 0.545 bits per heavy atom. The molecule has 4 aromatic rings. The molecule has 0 atom stereocenters. The molecule has 0 aliphatic carbocycles. The number of para-hydroxylation sites is 1. The van der Waals surface area contributed by atoms with Gasteiger partial charge >= 0.3 is 0 Å². The van der Waals surface area contributed by atoms with Crippen molar-refractivity contribution in [3.8, 4) is 11.5 Å². The first-order chi connectivity index (χ1) is 10.8. The van der Waals surface area contributed by atoms with Crippen LogP contribution in [0.4, 0.5) is 0 Å². The zero-order valence-electron chi connectivity index (χ0n) is 11.8.